The SMILES string of the molecule is CCCCCCCCCCCCCOC(=O)C(C(=O)OCCCCCCCCCCCCC)(C(=O)OC1CC(C)(C)N(C)C(C)(C)C1)C(CC)C(=O)OC1CC(C)(C)N(C)C(C)(C)C1. The van der Waals surface area contributed by atoms with Crippen molar-refractivity contribution in [3.8, 4) is 0 Å². The lowest BCUT2D eigenvalue weighted by molar-refractivity contribution is -0.202. The quantitative estimate of drug-likeness (QED) is 0.0280. The van der Waals surface area contributed by atoms with Crippen molar-refractivity contribution in [2.75, 3.05) is 27.3 Å². The molecule has 64 heavy (non-hydrogen) atoms. The number of rotatable bonds is 32. The van der Waals surface area contributed by atoms with Crippen LogP contribution in [0.1, 0.15) is 250 Å². The first-order valence-corrected chi connectivity index (χ1v) is 26.4. The fraction of sp³-hybridized carbons (Fsp3) is 0.926. The average Bonchev–Trinajstić information content (AvgIpc) is 3.21. The number of piperidine rings is 2. The molecule has 0 aliphatic carbocycles. The summed E-state index contributed by atoms with van der Waals surface area (Å²) < 4.78 is 24.6. The summed E-state index contributed by atoms with van der Waals surface area (Å²) in [6.45, 7) is 23.1. The van der Waals surface area contributed by atoms with Crippen molar-refractivity contribution < 1.29 is 38.1 Å². The Labute approximate surface area is 393 Å². The van der Waals surface area contributed by atoms with Crippen molar-refractivity contribution in [2.24, 2.45) is 11.3 Å². The van der Waals surface area contributed by atoms with E-state index in [1.54, 1.807) is 6.92 Å². The highest BCUT2D eigenvalue weighted by molar-refractivity contribution is 6.20. The molecule has 0 aromatic carbocycles. The molecule has 2 aliphatic rings. The van der Waals surface area contributed by atoms with E-state index in [2.05, 4.69) is 93.1 Å². The van der Waals surface area contributed by atoms with E-state index in [0.717, 1.165) is 38.5 Å². The van der Waals surface area contributed by atoms with Gasteiger partial charge < -0.3 is 18.9 Å². The van der Waals surface area contributed by atoms with E-state index in [1.807, 2.05) is 0 Å². The molecule has 2 fully saturated rings. The Kier molecular flexibility index (Phi) is 25.5. The molecule has 0 saturated carbocycles. The van der Waals surface area contributed by atoms with E-state index in [4.69, 9.17) is 18.9 Å². The second-order valence-corrected chi connectivity index (χ2v) is 22.4. The number of nitrogens with zero attached hydrogens (tertiary/aromatic N) is 2. The first-order chi connectivity index (χ1) is 30.1. The van der Waals surface area contributed by atoms with Gasteiger partial charge in [0.25, 0.3) is 5.41 Å². The Bertz CT molecular complexity index is 1300. The highest BCUT2D eigenvalue weighted by Crippen LogP contribution is 2.44. The monoisotopic (exact) mass is 905 g/mol. The van der Waals surface area contributed by atoms with Gasteiger partial charge in [0, 0.05) is 47.8 Å². The van der Waals surface area contributed by atoms with Gasteiger partial charge in [-0.05, 0) is 88.7 Å². The van der Waals surface area contributed by atoms with Crippen LogP contribution in [-0.4, -0.2) is 95.3 Å². The highest BCUT2D eigenvalue weighted by Gasteiger charge is 2.66. The Morgan fingerprint density at radius 3 is 1.03 bits per heavy atom. The van der Waals surface area contributed by atoms with Crippen molar-refractivity contribution in [2.45, 2.75) is 284 Å². The number of esters is 4. The molecule has 0 amide bonds. The van der Waals surface area contributed by atoms with Crippen molar-refractivity contribution in [1.82, 2.24) is 9.80 Å². The van der Waals surface area contributed by atoms with Crippen LogP contribution in [0, 0.1) is 11.3 Å². The molecule has 10 nitrogen and oxygen atoms in total. The lowest BCUT2D eigenvalue weighted by Crippen LogP contribution is -2.62. The lowest BCUT2D eigenvalue weighted by atomic mass is 9.72. The van der Waals surface area contributed by atoms with E-state index < -0.39 is 47.4 Å². The van der Waals surface area contributed by atoms with Gasteiger partial charge in [-0.25, -0.2) is 0 Å². The van der Waals surface area contributed by atoms with Crippen molar-refractivity contribution in [1.29, 1.82) is 0 Å². The van der Waals surface area contributed by atoms with Gasteiger partial charge >= 0.3 is 23.9 Å². The van der Waals surface area contributed by atoms with Crippen LogP contribution in [0.5, 0.6) is 0 Å². The lowest BCUT2D eigenvalue weighted by Gasteiger charge is -2.53. The van der Waals surface area contributed by atoms with Gasteiger partial charge in [-0.3, -0.25) is 29.0 Å². The molecule has 2 aliphatic heterocycles. The third-order valence-electron chi connectivity index (χ3n) is 15.2. The number of carbonyl (C=O) groups is 4. The summed E-state index contributed by atoms with van der Waals surface area (Å²) in [4.78, 5) is 64.2. The molecule has 2 rings (SSSR count). The average molecular weight is 905 g/mol. The summed E-state index contributed by atoms with van der Waals surface area (Å²) in [5.74, 6) is -5.51. The molecular formula is C54H100N2O8. The van der Waals surface area contributed by atoms with E-state index in [0.29, 0.717) is 38.5 Å². The molecule has 2 saturated heterocycles. The zero-order valence-electron chi connectivity index (χ0n) is 43.9. The predicted molar refractivity (Wildman–Crippen MR) is 261 cm³/mol. The van der Waals surface area contributed by atoms with Crippen LogP contribution in [0.25, 0.3) is 0 Å². The molecule has 0 aromatic heterocycles. The Balaban J connectivity index is 2.40. The number of ether oxygens (including phenoxy) is 4. The zero-order chi connectivity index (χ0) is 48.0. The van der Waals surface area contributed by atoms with Gasteiger partial charge in [0.15, 0.2) is 0 Å². The highest BCUT2D eigenvalue weighted by atomic mass is 16.6. The number of hydrogen-bond donors (Lipinski definition) is 0. The van der Waals surface area contributed by atoms with E-state index in [-0.39, 0.29) is 41.8 Å². The summed E-state index contributed by atoms with van der Waals surface area (Å²) >= 11 is 0. The summed E-state index contributed by atoms with van der Waals surface area (Å²) in [6.07, 6.45) is 25.7. The maximum absolute atomic E-state index is 15.2. The predicted octanol–water partition coefficient (Wildman–Crippen LogP) is 13.1. The van der Waals surface area contributed by atoms with Gasteiger partial charge in [0.1, 0.15) is 12.2 Å². The van der Waals surface area contributed by atoms with Gasteiger partial charge in [-0.2, -0.15) is 0 Å². The van der Waals surface area contributed by atoms with Gasteiger partial charge in [-0.1, -0.05) is 149 Å². The van der Waals surface area contributed by atoms with Gasteiger partial charge in [0.2, 0.25) is 0 Å². The maximum atomic E-state index is 15.2. The van der Waals surface area contributed by atoms with Crippen LogP contribution < -0.4 is 0 Å². The number of hydrogen-bond acceptors (Lipinski definition) is 10. The molecular weight excluding hydrogens is 805 g/mol. The minimum absolute atomic E-state index is 0.0217. The molecule has 0 N–H and O–H groups in total. The Morgan fingerprint density at radius 2 is 0.734 bits per heavy atom. The standard InChI is InChI=1S/C54H100N2O8/c1-14-17-19-21-23-25-27-29-31-33-35-37-61-47(58)54(49(60)64-44-41-52(8,9)56(13)53(10,11)42-44,48(59)62-38-36-34-32-30-28-26-24-22-20-18-15-2)45(16-3)46(57)63-43-39-50(4,5)55(12)51(6,7)40-43/h43-45H,14-42H2,1-13H3. The molecule has 374 valence electrons. The van der Waals surface area contributed by atoms with E-state index in [9.17, 15) is 14.4 Å². The fourth-order valence-corrected chi connectivity index (χ4v) is 10.6. The minimum Gasteiger partial charge on any atom is -0.464 e. The Hall–Kier alpha value is -2.20. The Morgan fingerprint density at radius 1 is 0.453 bits per heavy atom. The number of likely N-dealkylation sites (tertiary alicyclic amines) is 2. The molecule has 1 atom stereocenters. The van der Waals surface area contributed by atoms with E-state index >= 15 is 4.79 Å². The minimum atomic E-state index is -2.69. The normalized spacial score (nSPS) is 19.5. The van der Waals surface area contributed by atoms with Crippen LogP contribution in [0.15, 0.2) is 0 Å². The third kappa shape index (κ3) is 17.8. The number of unbranched alkanes of at least 4 members (excludes halogenated alkanes) is 20. The molecule has 10 heteroatoms. The first-order valence-electron chi connectivity index (χ1n) is 26.4. The molecule has 1 unspecified atom stereocenters. The molecule has 0 spiro atoms. The summed E-state index contributed by atoms with van der Waals surface area (Å²) in [5, 5.41) is 0. The summed E-state index contributed by atoms with van der Waals surface area (Å²) in [7, 11) is 4.14. The smallest absolute Gasteiger partial charge is 0.336 e. The zero-order valence-corrected chi connectivity index (χ0v) is 43.9. The summed E-state index contributed by atoms with van der Waals surface area (Å²) in [5.41, 5.74) is -3.97. The van der Waals surface area contributed by atoms with E-state index in [1.165, 1.54) is 89.9 Å². The van der Waals surface area contributed by atoms with Crippen LogP contribution in [-0.2, 0) is 38.1 Å². The van der Waals surface area contributed by atoms with Crippen LogP contribution in [0.4, 0.5) is 0 Å². The molecule has 2 heterocycles. The second-order valence-electron chi connectivity index (χ2n) is 22.4. The second kappa shape index (κ2) is 28.2. The number of carbonyl (C=O) groups excluding carboxylic acids is 4. The first kappa shape index (κ1) is 57.9. The fourth-order valence-electron chi connectivity index (χ4n) is 10.6. The van der Waals surface area contributed by atoms with Crippen LogP contribution >= 0.6 is 0 Å². The molecule has 0 radical (unpaired) electrons. The van der Waals surface area contributed by atoms with Crippen molar-refractivity contribution in [3.05, 3.63) is 0 Å². The van der Waals surface area contributed by atoms with Crippen molar-refractivity contribution in [3.63, 3.8) is 0 Å². The van der Waals surface area contributed by atoms with Gasteiger partial charge in [-0.15, -0.1) is 0 Å². The largest absolute Gasteiger partial charge is 0.464 e. The third-order valence-corrected chi connectivity index (χ3v) is 15.2. The van der Waals surface area contributed by atoms with Crippen molar-refractivity contribution >= 4 is 23.9 Å². The van der Waals surface area contributed by atoms with Crippen LogP contribution in [0.3, 0.4) is 0 Å². The molecule has 0 aromatic rings. The molecule has 0 bridgehead atoms. The maximum Gasteiger partial charge on any atom is 0.336 e. The van der Waals surface area contributed by atoms with Crippen LogP contribution in [0.2, 0.25) is 0 Å². The topological polar surface area (TPSA) is 112 Å². The summed E-state index contributed by atoms with van der Waals surface area (Å²) in [6, 6.07) is 0. The van der Waals surface area contributed by atoms with Gasteiger partial charge in [0.05, 0.1) is 19.1 Å².